The summed E-state index contributed by atoms with van der Waals surface area (Å²) in [5, 5.41) is 16.6. The van der Waals surface area contributed by atoms with E-state index in [9.17, 15) is 9.90 Å². The van der Waals surface area contributed by atoms with Gasteiger partial charge in [-0.1, -0.05) is 0 Å². The molecule has 0 atom stereocenters. The van der Waals surface area contributed by atoms with E-state index in [0.717, 1.165) is 36.7 Å². The molecule has 0 fully saturated rings. The van der Waals surface area contributed by atoms with Crippen LogP contribution in [-0.4, -0.2) is 32.6 Å². The molecule has 0 saturated carbocycles. The summed E-state index contributed by atoms with van der Waals surface area (Å²) in [7, 11) is 3.58. The first-order chi connectivity index (χ1) is 16.2. The smallest absolute Gasteiger partial charge is 0.253 e. The minimum Gasteiger partial charge on any atom is -0.456 e. The number of thiophene rings is 1. The standard InChI is InChI=1S/C25H24N4O3S2/c1-13-21(23(30)26-4)15-7-6-14(10-17(15)29(13)5)32-18-8-9-27-16-11-19(34-22(16)18)24-28-20(12-33-24)25(2,3)31/h6-12,31H,1-5H3,(H,26,30). The molecule has 5 rings (SSSR count). The molecule has 5 aromatic rings. The largest absolute Gasteiger partial charge is 0.456 e. The molecule has 9 heteroatoms. The summed E-state index contributed by atoms with van der Waals surface area (Å²) in [5.41, 5.74) is 2.99. The Morgan fingerprint density at radius 3 is 2.74 bits per heavy atom. The van der Waals surface area contributed by atoms with Crippen LogP contribution in [0.25, 0.3) is 31.0 Å². The second kappa shape index (κ2) is 8.19. The van der Waals surface area contributed by atoms with Gasteiger partial charge < -0.3 is 19.7 Å². The molecule has 1 aromatic carbocycles. The van der Waals surface area contributed by atoms with Crippen LogP contribution in [-0.2, 0) is 12.6 Å². The maximum atomic E-state index is 12.4. The third kappa shape index (κ3) is 3.75. The number of aromatic nitrogens is 3. The highest BCUT2D eigenvalue weighted by Crippen LogP contribution is 2.41. The van der Waals surface area contributed by atoms with Gasteiger partial charge in [-0.25, -0.2) is 4.98 Å². The molecular weight excluding hydrogens is 468 g/mol. The third-order valence-electron chi connectivity index (χ3n) is 5.86. The molecule has 0 aliphatic rings. The Morgan fingerprint density at radius 2 is 2.03 bits per heavy atom. The quantitative estimate of drug-likeness (QED) is 0.333. The summed E-state index contributed by atoms with van der Waals surface area (Å²) in [6.07, 6.45) is 1.73. The lowest BCUT2D eigenvalue weighted by Crippen LogP contribution is -2.18. The van der Waals surface area contributed by atoms with Gasteiger partial charge in [-0.3, -0.25) is 9.78 Å². The average Bonchev–Trinajstić information content (AvgIpc) is 3.51. The summed E-state index contributed by atoms with van der Waals surface area (Å²) >= 11 is 3.06. The molecule has 0 spiro atoms. The van der Waals surface area contributed by atoms with Gasteiger partial charge in [-0.2, -0.15) is 0 Å². The molecule has 2 N–H and O–H groups in total. The monoisotopic (exact) mass is 492 g/mol. The van der Waals surface area contributed by atoms with Gasteiger partial charge in [0.15, 0.2) is 0 Å². The first kappa shape index (κ1) is 22.5. The molecule has 0 bridgehead atoms. The van der Waals surface area contributed by atoms with Crippen molar-refractivity contribution in [1.29, 1.82) is 0 Å². The molecular formula is C25H24N4O3S2. The van der Waals surface area contributed by atoms with Gasteiger partial charge in [0.2, 0.25) is 0 Å². The number of rotatable bonds is 5. The Hall–Kier alpha value is -3.27. The lowest BCUT2D eigenvalue weighted by Gasteiger charge is -2.12. The fourth-order valence-electron chi connectivity index (χ4n) is 3.91. The predicted molar refractivity (Wildman–Crippen MR) is 137 cm³/mol. The molecule has 0 unspecified atom stereocenters. The zero-order chi connectivity index (χ0) is 24.2. The molecule has 0 saturated heterocycles. The highest BCUT2D eigenvalue weighted by atomic mass is 32.1. The number of ether oxygens (including phenoxy) is 1. The number of carbonyl (C=O) groups is 1. The van der Waals surface area contributed by atoms with Gasteiger partial charge in [-0.05, 0) is 39.0 Å². The molecule has 0 radical (unpaired) electrons. The molecule has 4 heterocycles. The van der Waals surface area contributed by atoms with E-state index < -0.39 is 5.60 Å². The highest BCUT2D eigenvalue weighted by Gasteiger charge is 2.22. The lowest BCUT2D eigenvalue weighted by molar-refractivity contribution is 0.0746. The predicted octanol–water partition coefficient (Wildman–Crippen LogP) is 5.60. The molecule has 34 heavy (non-hydrogen) atoms. The second-order valence-corrected chi connectivity index (χ2v) is 10.5. The van der Waals surface area contributed by atoms with Gasteiger partial charge in [0.1, 0.15) is 22.1 Å². The Bertz CT molecular complexity index is 1560. The van der Waals surface area contributed by atoms with Gasteiger partial charge in [0, 0.05) is 48.9 Å². The maximum Gasteiger partial charge on any atom is 0.253 e. The summed E-state index contributed by atoms with van der Waals surface area (Å²) in [5.74, 6) is 1.28. The molecule has 4 aromatic heterocycles. The van der Waals surface area contributed by atoms with Crippen LogP contribution in [0.1, 0.15) is 35.6 Å². The van der Waals surface area contributed by atoms with E-state index in [2.05, 4.69) is 15.3 Å². The maximum absolute atomic E-state index is 12.4. The van der Waals surface area contributed by atoms with Crippen molar-refractivity contribution in [2.24, 2.45) is 7.05 Å². The van der Waals surface area contributed by atoms with Gasteiger partial charge in [0.25, 0.3) is 5.91 Å². The number of hydrogen-bond donors (Lipinski definition) is 2. The van der Waals surface area contributed by atoms with E-state index in [1.54, 1.807) is 38.4 Å². The first-order valence-corrected chi connectivity index (χ1v) is 12.4. The van der Waals surface area contributed by atoms with Crippen molar-refractivity contribution in [2.45, 2.75) is 26.4 Å². The van der Waals surface area contributed by atoms with Crippen LogP contribution in [0, 0.1) is 6.92 Å². The fourth-order valence-corrected chi connectivity index (χ4v) is 6.02. The normalized spacial score (nSPS) is 11.9. The van der Waals surface area contributed by atoms with Crippen LogP contribution in [0.3, 0.4) is 0 Å². The fraction of sp³-hybridized carbons (Fsp3) is 0.240. The number of benzene rings is 1. The number of nitrogens with zero attached hydrogens (tertiary/aromatic N) is 3. The van der Waals surface area contributed by atoms with Crippen molar-refractivity contribution in [3.05, 3.63) is 58.9 Å². The summed E-state index contributed by atoms with van der Waals surface area (Å²) < 4.78 is 9.22. The molecule has 7 nitrogen and oxygen atoms in total. The Balaban J connectivity index is 1.52. The number of fused-ring (bicyclic) bond motifs is 2. The topological polar surface area (TPSA) is 89.3 Å². The van der Waals surface area contributed by atoms with Crippen molar-refractivity contribution in [3.63, 3.8) is 0 Å². The van der Waals surface area contributed by atoms with Gasteiger partial charge >= 0.3 is 0 Å². The Morgan fingerprint density at radius 1 is 1.24 bits per heavy atom. The highest BCUT2D eigenvalue weighted by molar-refractivity contribution is 7.25. The molecule has 174 valence electrons. The van der Waals surface area contributed by atoms with Gasteiger partial charge in [0.05, 0.1) is 31.9 Å². The number of aliphatic hydroxyl groups is 1. The van der Waals surface area contributed by atoms with Gasteiger partial charge in [-0.15, -0.1) is 22.7 Å². The van der Waals surface area contributed by atoms with Crippen molar-refractivity contribution < 1.29 is 14.6 Å². The average molecular weight is 493 g/mol. The number of amides is 1. The van der Waals surface area contributed by atoms with Crippen molar-refractivity contribution in [3.8, 4) is 21.4 Å². The molecule has 1 amide bonds. The van der Waals surface area contributed by atoms with E-state index in [4.69, 9.17) is 4.74 Å². The van der Waals surface area contributed by atoms with Crippen LogP contribution in [0.5, 0.6) is 11.5 Å². The van der Waals surface area contributed by atoms with E-state index in [1.807, 2.05) is 54.3 Å². The van der Waals surface area contributed by atoms with Crippen molar-refractivity contribution in [2.75, 3.05) is 7.05 Å². The number of nitrogens with one attached hydrogen (secondary N) is 1. The minimum absolute atomic E-state index is 0.103. The summed E-state index contributed by atoms with van der Waals surface area (Å²) in [6.45, 7) is 5.40. The number of aryl methyl sites for hydroxylation is 1. The molecule has 0 aliphatic heterocycles. The zero-order valence-corrected chi connectivity index (χ0v) is 21.1. The van der Waals surface area contributed by atoms with Crippen molar-refractivity contribution >= 4 is 49.7 Å². The zero-order valence-electron chi connectivity index (χ0n) is 19.5. The van der Waals surface area contributed by atoms with E-state index in [1.165, 1.54) is 11.3 Å². The van der Waals surface area contributed by atoms with Crippen LogP contribution in [0.4, 0.5) is 0 Å². The SMILES string of the molecule is CNC(=O)c1c(C)n(C)c2cc(Oc3ccnc4cc(-c5nc(C(C)(C)O)cs5)sc34)ccc12. The van der Waals surface area contributed by atoms with E-state index >= 15 is 0 Å². The second-order valence-electron chi connectivity index (χ2n) is 8.61. The minimum atomic E-state index is -0.983. The number of thiazole rings is 1. The number of hydrogen-bond acceptors (Lipinski definition) is 7. The van der Waals surface area contributed by atoms with Crippen LogP contribution >= 0.6 is 22.7 Å². The summed E-state index contributed by atoms with van der Waals surface area (Å²) in [4.78, 5) is 22.5. The number of carbonyl (C=O) groups excluding carboxylic acids is 1. The summed E-state index contributed by atoms with van der Waals surface area (Å²) in [6, 6.07) is 9.61. The number of pyridine rings is 1. The third-order valence-corrected chi connectivity index (χ3v) is 8.01. The lowest BCUT2D eigenvalue weighted by atomic mass is 10.1. The van der Waals surface area contributed by atoms with Crippen LogP contribution < -0.4 is 10.1 Å². The molecule has 0 aliphatic carbocycles. The van der Waals surface area contributed by atoms with Crippen LogP contribution in [0.15, 0.2) is 41.9 Å². The Labute approximate surface area is 204 Å². The van der Waals surface area contributed by atoms with E-state index in [0.29, 0.717) is 22.8 Å². The Kier molecular flexibility index (Phi) is 5.43. The first-order valence-electron chi connectivity index (χ1n) is 10.7. The van der Waals surface area contributed by atoms with Crippen LogP contribution in [0.2, 0.25) is 0 Å². The van der Waals surface area contributed by atoms with E-state index in [-0.39, 0.29) is 5.91 Å². The van der Waals surface area contributed by atoms with Crippen molar-refractivity contribution in [1.82, 2.24) is 19.9 Å².